The van der Waals surface area contributed by atoms with Gasteiger partial charge in [-0.3, -0.25) is 4.79 Å². The average molecular weight is 573 g/mol. The van der Waals surface area contributed by atoms with Gasteiger partial charge in [-0.2, -0.15) is 5.10 Å². The molecule has 4 aromatic carbocycles. The lowest BCUT2D eigenvalue weighted by Crippen LogP contribution is -2.19. The molecule has 1 aliphatic rings. The van der Waals surface area contributed by atoms with Gasteiger partial charge < -0.3 is 14.4 Å². The van der Waals surface area contributed by atoms with Crippen LogP contribution in [0.15, 0.2) is 88.4 Å². The van der Waals surface area contributed by atoms with Crippen LogP contribution in [-0.2, 0) is 6.61 Å². The fraction of sp³-hybridized carbons (Fsp3) is 0.226. The van der Waals surface area contributed by atoms with E-state index in [1.165, 1.54) is 18.2 Å². The third-order valence-electron chi connectivity index (χ3n) is 6.60. The second-order valence-corrected chi connectivity index (χ2v) is 9.97. The molecule has 0 spiro atoms. The van der Waals surface area contributed by atoms with E-state index < -0.39 is 0 Å². The van der Waals surface area contributed by atoms with Crippen molar-refractivity contribution in [3.05, 3.63) is 100 Å². The number of benzene rings is 4. The lowest BCUT2D eigenvalue weighted by Gasteiger charge is -2.17. The largest absolute Gasteiger partial charge is 0.490 e. The standard InChI is InChI=1S/C31H30BrN3O3/c1-2-37-29-18-25(20-33-34-31(36)23-12-14-26(15-13-23)35-16-5-6-17-35)28(32)19-30(29)38-21-24-10-7-9-22-8-3-4-11-27(22)24/h3-4,7-15,18-20H,2,5-6,16-17,21H2,1H3,(H,34,36)/b33-20-. The van der Waals surface area contributed by atoms with Crippen LogP contribution in [0.25, 0.3) is 10.8 Å². The summed E-state index contributed by atoms with van der Waals surface area (Å²) >= 11 is 3.61. The van der Waals surface area contributed by atoms with E-state index >= 15 is 0 Å². The van der Waals surface area contributed by atoms with Crippen molar-refractivity contribution in [3.63, 3.8) is 0 Å². The van der Waals surface area contributed by atoms with Gasteiger partial charge in [0.1, 0.15) is 6.61 Å². The summed E-state index contributed by atoms with van der Waals surface area (Å²) in [7, 11) is 0. The van der Waals surface area contributed by atoms with Crippen molar-refractivity contribution >= 4 is 44.5 Å². The second kappa shape index (κ2) is 12.1. The van der Waals surface area contributed by atoms with Gasteiger partial charge in [0.2, 0.25) is 0 Å². The highest BCUT2D eigenvalue weighted by Crippen LogP contribution is 2.34. The van der Waals surface area contributed by atoms with Crippen LogP contribution in [-0.4, -0.2) is 31.8 Å². The molecular weight excluding hydrogens is 542 g/mol. The minimum atomic E-state index is -0.259. The zero-order valence-electron chi connectivity index (χ0n) is 21.3. The summed E-state index contributed by atoms with van der Waals surface area (Å²) in [4.78, 5) is 14.9. The fourth-order valence-corrected chi connectivity index (χ4v) is 5.05. The zero-order valence-corrected chi connectivity index (χ0v) is 22.9. The van der Waals surface area contributed by atoms with Gasteiger partial charge in [-0.15, -0.1) is 0 Å². The molecular formula is C31H30BrN3O3. The smallest absolute Gasteiger partial charge is 0.271 e. The highest BCUT2D eigenvalue weighted by molar-refractivity contribution is 9.10. The van der Waals surface area contributed by atoms with Crippen LogP contribution >= 0.6 is 15.9 Å². The third-order valence-corrected chi connectivity index (χ3v) is 7.28. The first-order valence-electron chi connectivity index (χ1n) is 12.9. The summed E-state index contributed by atoms with van der Waals surface area (Å²) in [5.41, 5.74) is 6.19. The number of rotatable bonds is 9. The first-order chi connectivity index (χ1) is 18.6. The maximum absolute atomic E-state index is 12.6. The molecule has 0 aromatic heterocycles. The quantitative estimate of drug-likeness (QED) is 0.174. The topological polar surface area (TPSA) is 63.2 Å². The summed E-state index contributed by atoms with van der Waals surface area (Å²) in [6.07, 6.45) is 4.03. The van der Waals surface area contributed by atoms with Gasteiger partial charge in [0.15, 0.2) is 11.5 Å². The van der Waals surface area contributed by atoms with Gasteiger partial charge in [-0.05, 0) is 88.4 Å². The summed E-state index contributed by atoms with van der Waals surface area (Å²) in [6, 6.07) is 25.8. The first-order valence-corrected chi connectivity index (χ1v) is 13.7. The second-order valence-electron chi connectivity index (χ2n) is 9.12. The normalized spacial score (nSPS) is 13.3. The van der Waals surface area contributed by atoms with E-state index in [1.807, 2.05) is 61.5 Å². The summed E-state index contributed by atoms with van der Waals surface area (Å²) < 4.78 is 12.8. The first kappa shape index (κ1) is 25.8. The molecule has 4 aromatic rings. The van der Waals surface area contributed by atoms with E-state index in [1.54, 1.807) is 6.21 Å². The van der Waals surface area contributed by atoms with Crippen molar-refractivity contribution in [1.82, 2.24) is 5.43 Å². The maximum atomic E-state index is 12.6. The van der Waals surface area contributed by atoms with Crippen molar-refractivity contribution in [1.29, 1.82) is 0 Å². The lowest BCUT2D eigenvalue weighted by molar-refractivity contribution is 0.0955. The minimum absolute atomic E-state index is 0.259. The molecule has 194 valence electrons. The number of ether oxygens (including phenoxy) is 2. The Hall–Kier alpha value is -3.84. The molecule has 0 atom stereocenters. The van der Waals surface area contributed by atoms with Gasteiger partial charge in [-0.25, -0.2) is 5.43 Å². The van der Waals surface area contributed by atoms with Crippen molar-refractivity contribution < 1.29 is 14.3 Å². The number of nitrogens with zero attached hydrogens (tertiary/aromatic N) is 2. The molecule has 1 heterocycles. The van der Waals surface area contributed by atoms with Gasteiger partial charge in [0.25, 0.3) is 5.91 Å². The van der Waals surface area contributed by atoms with Gasteiger partial charge >= 0.3 is 0 Å². The highest BCUT2D eigenvalue weighted by atomic mass is 79.9. The van der Waals surface area contributed by atoms with Crippen LogP contribution in [0.5, 0.6) is 11.5 Å². The predicted molar refractivity (Wildman–Crippen MR) is 157 cm³/mol. The number of carbonyl (C=O) groups is 1. The molecule has 0 saturated carbocycles. The van der Waals surface area contributed by atoms with Crippen LogP contribution in [0.1, 0.15) is 41.3 Å². The number of hydrazone groups is 1. The Labute approximate surface area is 231 Å². The van der Waals surface area contributed by atoms with Crippen molar-refractivity contribution in [2.45, 2.75) is 26.4 Å². The van der Waals surface area contributed by atoms with Crippen molar-refractivity contribution in [2.75, 3.05) is 24.6 Å². The number of halogens is 1. The molecule has 0 radical (unpaired) electrons. The molecule has 5 rings (SSSR count). The van der Waals surface area contributed by atoms with Crippen LogP contribution < -0.4 is 19.8 Å². The number of hydrogen-bond acceptors (Lipinski definition) is 5. The van der Waals surface area contributed by atoms with E-state index in [4.69, 9.17) is 9.47 Å². The third kappa shape index (κ3) is 6.00. The minimum Gasteiger partial charge on any atom is -0.490 e. The Morgan fingerprint density at radius 2 is 1.71 bits per heavy atom. The number of fused-ring (bicyclic) bond motifs is 1. The Balaban J connectivity index is 1.26. The molecule has 0 bridgehead atoms. The van der Waals surface area contributed by atoms with Crippen LogP contribution in [0.3, 0.4) is 0 Å². The Kier molecular flexibility index (Phi) is 8.24. The average Bonchev–Trinajstić information content (AvgIpc) is 3.49. The molecule has 38 heavy (non-hydrogen) atoms. The molecule has 1 fully saturated rings. The maximum Gasteiger partial charge on any atom is 0.271 e. The number of hydrogen-bond donors (Lipinski definition) is 1. The SMILES string of the molecule is CCOc1cc(/C=N\NC(=O)c2ccc(N3CCCC3)cc2)c(Br)cc1OCc1cccc2ccccc12. The van der Waals surface area contributed by atoms with E-state index in [2.05, 4.69) is 55.6 Å². The fourth-order valence-electron chi connectivity index (χ4n) is 4.63. The van der Waals surface area contributed by atoms with Crippen molar-refractivity contribution in [3.8, 4) is 11.5 Å². The van der Waals surface area contributed by atoms with E-state index in [-0.39, 0.29) is 5.91 Å². The van der Waals surface area contributed by atoms with E-state index in [0.29, 0.717) is 30.3 Å². The molecule has 1 aliphatic heterocycles. The Bertz CT molecular complexity index is 1440. The lowest BCUT2D eigenvalue weighted by atomic mass is 10.1. The number of carbonyl (C=O) groups excluding carboxylic acids is 1. The molecule has 1 N–H and O–H groups in total. The van der Waals surface area contributed by atoms with E-state index in [9.17, 15) is 4.79 Å². The summed E-state index contributed by atoms with van der Waals surface area (Å²) in [5.74, 6) is 0.984. The van der Waals surface area contributed by atoms with Gasteiger partial charge in [0, 0.05) is 34.4 Å². The molecule has 0 unspecified atom stereocenters. The van der Waals surface area contributed by atoms with Crippen LogP contribution in [0.4, 0.5) is 5.69 Å². The van der Waals surface area contributed by atoms with Gasteiger partial charge in [0.05, 0.1) is 12.8 Å². The zero-order chi connectivity index (χ0) is 26.3. The van der Waals surface area contributed by atoms with Crippen LogP contribution in [0.2, 0.25) is 0 Å². The van der Waals surface area contributed by atoms with Crippen molar-refractivity contribution in [2.24, 2.45) is 5.10 Å². The Morgan fingerprint density at radius 3 is 2.50 bits per heavy atom. The van der Waals surface area contributed by atoms with Crippen LogP contribution in [0, 0.1) is 0 Å². The molecule has 7 heteroatoms. The highest BCUT2D eigenvalue weighted by Gasteiger charge is 2.14. The summed E-state index contributed by atoms with van der Waals surface area (Å²) in [5, 5.41) is 6.52. The number of amides is 1. The molecule has 1 amide bonds. The Morgan fingerprint density at radius 1 is 0.974 bits per heavy atom. The summed E-state index contributed by atoms with van der Waals surface area (Å²) in [6.45, 7) is 4.98. The van der Waals surface area contributed by atoms with E-state index in [0.717, 1.165) is 39.8 Å². The number of anilines is 1. The molecule has 0 aliphatic carbocycles. The molecule has 6 nitrogen and oxygen atoms in total. The van der Waals surface area contributed by atoms with Gasteiger partial charge in [-0.1, -0.05) is 42.5 Å². The monoisotopic (exact) mass is 571 g/mol. The number of nitrogens with one attached hydrogen (secondary N) is 1. The predicted octanol–water partition coefficient (Wildman–Crippen LogP) is 6.94. The molecule has 1 saturated heterocycles.